The number of aromatic nitrogens is 2. The maximum Gasteiger partial charge on any atom is 0.223 e. The molecule has 24 heavy (non-hydrogen) atoms. The molecule has 1 unspecified atom stereocenters. The lowest BCUT2D eigenvalue weighted by atomic mass is 10.1. The van der Waals surface area contributed by atoms with Gasteiger partial charge in [0.05, 0.1) is 5.69 Å². The van der Waals surface area contributed by atoms with Gasteiger partial charge in [0.2, 0.25) is 5.91 Å². The van der Waals surface area contributed by atoms with Gasteiger partial charge in [0.25, 0.3) is 0 Å². The van der Waals surface area contributed by atoms with Crippen molar-refractivity contribution in [2.75, 3.05) is 20.1 Å². The normalized spacial score (nSPS) is 17.4. The largest absolute Gasteiger partial charge is 0.338 e. The number of nitrogens with one attached hydrogen (secondary N) is 1. The molecule has 1 aromatic heterocycles. The van der Waals surface area contributed by atoms with Crippen LogP contribution < -0.4 is 5.32 Å². The van der Waals surface area contributed by atoms with Crippen molar-refractivity contribution in [3.63, 3.8) is 0 Å². The van der Waals surface area contributed by atoms with E-state index in [4.69, 9.17) is 0 Å². The molecule has 0 saturated carbocycles. The number of amides is 1. The monoisotopic (exact) mass is 356 g/mol. The van der Waals surface area contributed by atoms with E-state index in [1.165, 1.54) is 11.3 Å². The number of nitrogens with zero attached hydrogens (tertiary/aromatic N) is 3. The minimum atomic E-state index is 0. The molecule has 5 nitrogen and oxygen atoms in total. The lowest BCUT2D eigenvalue weighted by Gasteiger charge is -2.24. The van der Waals surface area contributed by atoms with Gasteiger partial charge in [-0.15, -0.1) is 12.4 Å². The zero-order valence-electron chi connectivity index (χ0n) is 15.8. The Balaban J connectivity index is 0.00000288. The molecule has 0 aliphatic carbocycles. The van der Waals surface area contributed by atoms with E-state index in [0.717, 1.165) is 44.6 Å². The van der Waals surface area contributed by atoms with Gasteiger partial charge in [0.1, 0.15) is 0 Å². The Labute approximate surface area is 152 Å². The van der Waals surface area contributed by atoms with Crippen molar-refractivity contribution in [1.29, 1.82) is 0 Å². The summed E-state index contributed by atoms with van der Waals surface area (Å²) in [5.74, 6) is 0.868. The standard InChI is InChI=1S/C18H32N4O.ClH/c1-13(2)12-22-15(4)17(14(3)20-22)8-9-18(23)21-10-6-7-16(21)11-19-5;/h13,16,19H,6-12H2,1-5H3;1H. The number of hydrogen-bond donors (Lipinski definition) is 1. The fraction of sp³-hybridized carbons (Fsp3) is 0.778. The van der Waals surface area contributed by atoms with Crippen LogP contribution in [-0.4, -0.2) is 46.8 Å². The smallest absolute Gasteiger partial charge is 0.223 e. The van der Waals surface area contributed by atoms with Crippen LogP contribution in [0.25, 0.3) is 0 Å². The van der Waals surface area contributed by atoms with Crippen molar-refractivity contribution in [2.45, 2.75) is 66.0 Å². The van der Waals surface area contributed by atoms with Crippen molar-refractivity contribution in [1.82, 2.24) is 20.0 Å². The van der Waals surface area contributed by atoms with Gasteiger partial charge >= 0.3 is 0 Å². The summed E-state index contributed by atoms with van der Waals surface area (Å²) in [4.78, 5) is 14.7. The number of aryl methyl sites for hydroxylation is 1. The van der Waals surface area contributed by atoms with Crippen LogP contribution in [0, 0.1) is 19.8 Å². The quantitative estimate of drug-likeness (QED) is 0.817. The third-order valence-corrected chi connectivity index (χ3v) is 4.80. The summed E-state index contributed by atoms with van der Waals surface area (Å²) in [6.07, 6.45) is 3.64. The summed E-state index contributed by atoms with van der Waals surface area (Å²) in [7, 11) is 1.96. The van der Waals surface area contributed by atoms with E-state index < -0.39 is 0 Å². The van der Waals surface area contributed by atoms with Crippen molar-refractivity contribution in [3.05, 3.63) is 17.0 Å². The predicted molar refractivity (Wildman–Crippen MR) is 101 cm³/mol. The first-order valence-corrected chi connectivity index (χ1v) is 8.91. The zero-order chi connectivity index (χ0) is 17.0. The molecule has 1 saturated heterocycles. The fourth-order valence-electron chi connectivity index (χ4n) is 3.61. The maximum atomic E-state index is 12.6. The highest BCUT2D eigenvalue weighted by Gasteiger charge is 2.28. The van der Waals surface area contributed by atoms with E-state index in [1.54, 1.807) is 0 Å². The van der Waals surface area contributed by atoms with Gasteiger partial charge in [-0.1, -0.05) is 13.8 Å². The molecule has 1 atom stereocenters. The first-order valence-electron chi connectivity index (χ1n) is 8.91. The lowest BCUT2D eigenvalue weighted by molar-refractivity contribution is -0.131. The molecule has 138 valence electrons. The van der Waals surface area contributed by atoms with E-state index in [0.29, 0.717) is 18.4 Å². The Bertz CT molecular complexity index is 541. The van der Waals surface area contributed by atoms with Crippen LogP contribution in [0.1, 0.15) is 50.1 Å². The average Bonchev–Trinajstić information content (AvgIpc) is 3.03. The summed E-state index contributed by atoms with van der Waals surface area (Å²) >= 11 is 0. The molecule has 0 bridgehead atoms. The van der Waals surface area contributed by atoms with Gasteiger partial charge in [-0.3, -0.25) is 9.48 Å². The van der Waals surface area contributed by atoms with Crippen LogP contribution in [0.5, 0.6) is 0 Å². The molecule has 1 N–H and O–H groups in total. The number of likely N-dealkylation sites (N-methyl/N-ethyl adjacent to an activating group) is 1. The van der Waals surface area contributed by atoms with Crippen molar-refractivity contribution in [3.8, 4) is 0 Å². The number of carbonyl (C=O) groups is 1. The molecule has 6 heteroatoms. The Morgan fingerprint density at radius 2 is 2.08 bits per heavy atom. The first kappa shape index (κ1) is 21.0. The highest BCUT2D eigenvalue weighted by Crippen LogP contribution is 2.20. The van der Waals surface area contributed by atoms with E-state index in [1.807, 2.05) is 7.05 Å². The summed E-state index contributed by atoms with van der Waals surface area (Å²) in [5.41, 5.74) is 3.55. The van der Waals surface area contributed by atoms with Crippen LogP contribution in [-0.2, 0) is 17.8 Å². The van der Waals surface area contributed by atoms with Gasteiger partial charge in [0, 0.05) is 37.8 Å². The molecule has 1 fully saturated rings. The second-order valence-electron chi connectivity index (χ2n) is 7.17. The van der Waals surface area contributed by atoms with Crippen LogP contribution in [0.2, 0.25) is 0 Å². The van der Waals surface area contributed by atoms with Gasteiger partial charge in [-0.25, -0.2) is 0 Å². The Hall–Kier alpha value is -1.07. The second-order valence-corrected chi connectivity index (χ2v) is 7.17. The third kappa shape index (κ3) is 4.96. The third-order valence-electron chi connectivity index (χ3n) is 4.80. The fourth-order valence-corrected chi connectivity index (χ4v) is 3.61. The average molecular weight is 357 g/mol. The first-order chi connectivity index (χ1) is 10.9. The van der Waals surface area contributed by atoms with Crippen molar-refractivity contribution < 1.29 is 4.79 Å². The number of likely N-dealkylation sites (tertiary alicyclic amines) is 1. The Morgan fingerprint density at radius 1 is 1.38 bits per heavy atom. The van der Waals surface area contributed by atoms with Gasteiger partial charge in [-0.2, -0.15) is 5.10 Å². The number of hydrogen-bond acceptors (Lipinski definition) is 3. The highest BCUT2D eigenvalue weighted by molar-refractivity contribution is 5.85. The molecule has 1 amide bonds. The molecular weight excluding hydrogens is 324 g/mol. The van der Waals surface area contributed by atoms with Gasteiger partial charge < -0.3 is 10.2 Å². The van der Waals surface area contributed by atoms with Crippen LogP contribution in [0.4, 0.5) is 0 Å². The van der Waals surface area contributed by atoms with Gasteiger partial charge in [0.15, 0.2) is 0 Å². The molecule has 2 rings (SSSR count). The van der Waals surface area contributed by atoms with Crippen LogP contribution in [0.15, 0.2) is 0 Å². The van der Waals surface area contributed by atoms with Gasteiger partial charge in [-0.05, 0) is 51.6 Å². The SMILES string of the molecule is CNCC1CCCN1C(=O)CCc1c(C)nn(CC(C)C)c1C.Cl. The maximum absolute atomic E-state index is 12.6. The van der Waals surface area contributed by atoms with E-state index in [9.17, 15) is 4.79 Å². The Morgan fingerprint density at radius 3 is 2.71 bits per heavy atom. The Kier molecular flexibility index (Phi) is 8.23. The van der Waals surface area contributed by atoms with Crippen LogP contribution >= 0.6 is 12.4 Å². The molecule has 0 spiro atoms. The topological polar surface area (TPSA) is 50.2 Å². The van der Waals surface area contributed by atoms with Crippen LogP contribution in [0.3, 0.4) is 0 Å². The summed E-state index contributed by atoms with van der Waals surface area (Å²) in [6.45, 7) is 11.3. The highest BCUT2D eigenvalue weighted by atomic mass is 35.5. The summed E-state index contributed by atoms with van der Waals surface area (Å²) < 4.78 is 2.10. The number of halogens is 1. The van der Waals surface area contributed by atoms with Crippen molar-refractivity contribution >= 4 is 18.3 Å². The molecule has 2 heterocycles. The molecule has 1 aromatic rings. The molecular formula is C18H33ClN4O. The second kappa shape index (κ2) is 9.42. The molecule has 0 radical (unpaired) electrons. The predicted octanol–water partition coefficient (Wildman–Crippen LogP) is 2.72. The van der Waals surface area contributed by atoms with E-state index >= 15 is 0 Å². The zero-order valence-corrected chi connectivity index (χ0v) is 16.6. The molecule has 0 aromatic carbocycles. The minimum absolute atomic E-state index is 0. The summed E-state index contributed by atoms with van der Waals surface area (Å²) in [6, 6.07) is 0.373. The number of carbonyl (C=O) groups excluding carboxylic acids is 1. The summed E-state index contributed by atoms with van der Waals surface area (Å²) in [5, 5.41) is 7.85. The molecule has 1 aliphatic rings. The van der Waals surface area contributed by atoms with E-state index in [2.05, 4.69) is 47.7 Å². The molecule has 1 aliphatic heterocycles. The minimum Gasteiger partial charge on any atom is -0.338 e. The van der Waals surface area contributed by atoms with E-state index in [-0.39, 0.29) is 18.3 Å². The number of rotatable bonds is 7. The lowest BCUT2D eigenvalue weighted by Crippen LogP contribution is -2.40. The van der Waals surface area contributed by atoms with Crippen molar-refractivity contribution in [2.24, 2.45) is 5.92 Å².